The lowest BCUT2D eigenvalue weighted by Gasteiger charge is -2.26. The molecule has 1 aromatic heterocycles. The summed E-state index contributed by atoms with van der Waals surface area (Å²) in [6.07, 6.45) is 1.78. The number of aryl methyl sites for hydroxylation is 2. The molecule has 1 aliphatic heterocycles. The van der Waals surface area contributed by atoms with Gasteiger partial charge in [0.15, 0.2) is 0 Å². The fourth-order valence-electron chi connectivity index (χ4n) is 3.52. The van der Waals surface area contributed by atoms with Gasteiger partial charge in [0, 0.05) is 18.7 Å². The molecule has 1 aliphatic rings. The first kappa shape index (κ1) is 15.6. The number of rotatable bonds is 2. The maximum absolute atomic E-state index is 9.90. The molecule has 0 radical (unpaired) electrons. The average Bonchev–Trinajstić information content (AvgIpc) is 3.02. The highest BCUT2D eigenvalue weighted by Crippen LogP contribution is 2.33. The Bertz CT molecular complexity index is 966. The van der Waals surface area contributed by atoms with E-state index in [4.69, 9.17) is 0 Å². The second kappa shape index (κ2) is 6.15. The Labute approximate surface area is 147 Å². The van der Waals surface area contributed by atoms with Crippen molar-refractivity contribution in [3.05, 3.63) is 76.6 Å². The first-order valence-corrected chi connectivity index (χ1v) is 8.36. The van der Waals surface area contributed by atoms with Gasteiger partial charge in [-0.3, -0.25) is 4.90 Å². The third-order valence-corrected chi connectivity index (χ3v) is 4.80. The zero-order valence-corrected chi connectivity index (χ0v) is 14.3. The fraction of sp³-hybridized carbons (Fsp3) is 0.250. The normalized spacial score (nSPS) is 16.6. The lowest BCUT2D eigenvalue weighted by Crippen LogP contribution is -2.26. The summed E-state index contributed by atoms with van der Waals surface area (Å²) in [6, 6.07) is 16.6. The van der Waals surface area contributed by atoms with Crippen LogP contribution in [0.3, 0.4) is 0 Å². The molecule has 5 nitrogen and oxygen atoms in total. The van der Waals surface area contributed by atoms with Crippen molar-refractivity contribution in [1.82, 2.24) is 19.9 Å². The van der Waals surface area contributed by atoms with Crippen molar-refractivity contribution in [1.29, 1.82) is 5.26 Å². The van der Waals surface area contributed by atoms with Crippen LogP contribution >= 0.6 is 0 Å². The predicted octanol–water partition coefficient (Wildman–Crippen LogP) is 3.46. The first-order chi connectivity index (χ1) is 12.2. The molecule has 124 valence electrons. The van der Waals surface area contributed by atoms with Crippen LogP contribution in [0.5, 0.6) is 0 Å². The molecule has 0 amide bonds. The van der Waals surface area contributed by atoms with Crippen LogP contribution in [0, 0.1) is 25.2 Å². The molecule has 0 spiro atoms. The highest BCUT2D eigenvalue weighted by atomic mass is 15.4. The van der Waals surface area contributed by atoms with Crippen LogP contribution in [0.1, 0.15) is 34.0 Å². The van der Waals surface area contributed by atoms with Crippen LogP contribution in [0.25, 0.3) is 5.69 Å². The van der Waals surface area contributed by atoms with Crippen LogP contribution < -0.4 is 0 Å². The molecule has 0 N–H and O–H groups in total. The molecule has 0 bridgehead atoms. The third-order valence-electron chi connectivity index (χ3n) is 4.80. The van der Waals surface area contributed by atoms with E-state index < -0.39 is 0 Å². The summed E-state index contributed by atoms with van der Waals surface area (Å²) in [5.41, 5.74) is 6.64. The van der Waals surface area contributed by atoms with Gasteiger partial charge in [-0.05, 0) is 31.0 Å². The Hall–Kier alpha value is -2.97. The van der Waals surface area contributed by atoms with E-state index in [0.717, 1.165) is 16.9 Å². The van der Waals surface area contributed by atoms with Crippen molar-refractivity contribution in [3.63, 3.8) is 0 Å². The molecule has 2 aromatic carbocycles. The molecule has 0 saturated heterocycles. The molecular formula is C20H19N5. The van der Waals surface area contributed by atoms with E-state index in [1.165, 1.54) is 16.7 Å². The number of aromatic nitrogens is 3. The zero-order valence-electron chi connectivity index (χ0n) is 14.3. The summed E-state index contributed by atoms with van der Waals surface area (Å²) >= 11 is 0. The van der Waals surface area contributed by atoms with Gasteiger partial charge in [-0.15, -0.1) is 5.10 Å². The van der Waals surface area contributed by atoms with Gasteiger partial charge >= 0.3 is 0 Å². The van der Waals surface area contributed by atoms with Crippen molar-refractivity contribution in [2.45, 2.75) is 33.0 Å². The molecule has 0 fully saturated rings. The van der Waals surface area contributed by atoms with E-state index in [1.807, 2.05) is 28.9 Å². The Morgan fingerprint density at radius 3 is 2.84 bits per heavy atom. The van der Waals surface area contributed by atoms with Gasteiger partial charge in [0.05, 0.1) is 23.6 Å². The van der Waals surface area contributed by atoms with E-state index in [0.29, 0.717) is 13.1 Å². The molecule has 1 atom stereocenters. The van der Waals surface area contributed by atoms with Crippen LogP contribution in [0.4, 0.5) is 0 Å². The highest BCUT2D eigenvalue weighted by molar-refractivity contribution is 5.46. The first-order valence-electron chi connectivity index (χ1n) is 8.36. The van der Waals surface area contributed by atoms with Crippen LogP contribution in [-0.2, 0) is 13.1 Å². The van der Waals surface area contributed by atoms with E-state index in [1.54, 1.807) is 6.20 Å². The van der Waals surface area contributed by atoms with Gasteiger partial charge in [0.25, 0.3) is 0 Å². The van der Waals surface area contributed by atoms with Crippen molar-refractivity contribution in [2.24, 2.45) is 0 Å². The van der Waals surface area contributed by atoms with Gasteiger partial charge in [-0.25, -0.2) is 4.68 Å². The second-order valence-corrected chi connectivity index (χ2v) is 6.56. The molecular weight excluding hydrogens is 310 g/mol. The number of para-hydroxylation sites is 1. The van der Waals surface area contributed by atoms with Crippen molar-refractivity contribution < 1.29 is 0 Å². The lowest BCUT2D eigenvalue weighted by atomic mass is 10.0. The summed E-state index contributed by atoms with van der Waals surface area (Å²) in [6.45, 7) is 5.57. The lowest BCUT2D eigenvalue weighted by molar-refractivity contribution is 0.218. The van der Waals surface area contributed by atoms with E-state index in [2.05, 4.69) is 53.3 Å². The van der Waals surface area contributed by atoms with Gasteiger partial charge in [-0.1, -0.05) is 47.2 Å². The summed E-state index contributed by atoms with van der Waals surface area (Å²) in [4.78, 5) is 2.19. The second-order valence-electron chi connectivity index (χ2n) is 6.56. The monoisotopic (exact) mass is 329 g/mol. The van der Waals surface area contributed by atoms with Crippen LogP contribution in [0.15, 0.2) is 48.7 Å². The number of benzene rings is 2. The minimum Gasteiger partial charge on any atom is -0.274 e. The van der Waals surface area contributed by atoms with Gasteiger partial charge < -0.3 is 0 Å². The minimum atomic E-state index is -0.321. The molecule has 0 aliphatic carbocycles. The number of hydrogen-bond donors (Lipinski definition) is 0. The maximum Gasteiger partial charge on any atom is 0.126 e. The molecule has 5 heteroatoms. The molecule has 3 aromatic rings. The molecule has 4 rings (SSSR count). The number of fused-ring (bicyclic) bond motifs is 3. The largest absolute Gasteiger partial charge is 0.274 e. The van der Waals surface area contributed by atoms with Crippen molar-refractivity contribution in [3.8, 4) is 11.8 Å². The molecule has 1 unspecified atom stereocenters. The van der Waals surface area contributed by atoms with E-state index in [9.17, 15) is 5.26 Å². The number of nitriles is 1. The zero-order chi connectivity index (χ0) is 17.4. The average molecular weight is 329 g/mol. The smallest absolute Gasteiger partial charge is 0.126 e. The van der Waals surface area contributed by atoms with Gasteiger partial charge in [-0.2, -0.15) is 5.26 Å². The maximum atomic E-state index is 9.90. The number of hydrogen-bond acceptors (Lipinski definition) is 4. The Kier molecular flexibility index (Phi) is 3.83. The third kappa shape index (κ3) is 2.71. The van der Waals surface area contributed by atoms with E-state index in [-0.39, 0.29) is 6.04 Å². The quantitative estimate of drug-likeness (QED) is 0.722. The topological polar surface area (TPSA) is 57.7 Å². The molecule has 2 heterocycles. The summed E-state index contributed by atoms with van der Waals surface area (Å²) in [7, 11) is 0. The SMILES string of the molecule is Cc1ccc(CN2Cc3cnnn3-c3ccccc3C2C#N)c(C)c1. The van der Waals surface area contributed by atoms with Crippen molar-refractivity contribution in [2.75, 3.05) is 0 Å². The Balaban J connectivity index is 1.80. The molecule has 0 saturated carbocycles. The molecule has 25 heavy (non-hydrogen) atoms. The highest BCUT2D eigenvalue weighted by Gasteiger charge is 2.29. The summed E-state index contributed by atoms with van der Waals surface area (Å²) < 4.78 is 1.85. The number of nitrogens with zero attached hydrogens (tertiary/aromatic N) is 5. The van der Waals surface area contributed by atoms with Crippen LogP contribution in [0.2, 0.25) is 0 Å². The minimum absolute atomic E-state index is 0.321. The van der Waals surface area contributed by atoms with Gasteiger partial charge in [0.1, 0.15) is 6.04 Å². The van der Waals surface area contributed by atoms with Crippen LogP contribution in [-0.4, -0.2) is 19.9 Å². The summed E-state index contributed by atoms with van der Waals surface area (Å²) in [5, 5.41) is 18.2. The summed E-state index contributed by atoms with van der Waals surface area (Å²) in [5.74, 6) is 0. The van der Waals surface area contributed by atoms with Crippen molar-refractivity contribution >= 4 is 0 Å². The Morgan fingerprint density at radius 1 is 1.20 bits per heavy atom. The van der Waals surface area contributed by atoms with E-state index >= 15 is 0 Å². The predicted molar refractivity (Wildman–Crippen MR) is 94.9 cm³/mol. The van der Waals surface area contributed by atoms with Gasteiger partial charge in [0.2, 0.25) is 0 Å². The Morgan fingerprint density at radius 2 is 2.04 bits per heavy atom. The standard InChI is InChI=1S/C20H19N5/c1-14-7-8-16(15(2)9-14)12-24-13-17-11-22-23-25(17)19-6-4-3-5-18(19)20(24)10-21/h3-9,11,20H,12-13H2,1-2H3. The fourth-order valence-corrected chi connectivity index (χ4v) is 3.52.